The molecule has 0 radical (unpaired) electrons. The van der Waals surface area contributed by atoms with Crippen LogP contribution in [0.2, 0.25) is 0 Å². The maximum Gasteiger partial charge on any atom is 0.159 e. The van der Waals surface area contributed by atoms with Gasteiger partial charge in [-0.3, -0.25) is 0 Å². The topological polar surface area (TPSA) is 80.3 Å². The van der Waals surface area contributed by atoms with E-state index in [0.29, 0.717) is 22.3 Å². The van der Waals surface area contributed by atoms with Crippen molar-refractivity contribution in [2.45, 2.75) is 50.4 Å². The maximum absolute atomic E-state index is 12.0. The molecule has 0 amide bonds. The van der Waals surface area contributed by atoms with Gasteiger partial charge in [0, 0.05) is 32.9 Å². The second-order valence-electron chi connectivity index (χ2n) is 19.5. The predicted molar refractivity (Wildman–Crippen MR) is 284 cm³/mol. The summed E-state index contributed by atoms with van der Waals surface area (Å²) < 4.78 is 13.7. The average Bonchev–Trinajstić information content (AvgIpc) is 4.00. The molecule has 0 N–H and O–H groups in total. The number of fused-ring (bicyclic) bond motifs is 8. The standard InChI is InChI=1S/C64H46N4O2/c1-63-35-37-64(2,38-36-63)58-57(63)59(67(45-31-27-43(28-32-45)41-15-5-3-6-16-41)53-23-13-21-49-47-19-9-11-25-55(47)69-61(49)53)51(39-65)52(40-66)60(58)68(46-33-29-44(30-34-46)42-17-7-4-8-18-42)54-24-14-22-50-48-20-10-12-26-56(48)70-62(50)54/h3-34H,35-38H2,1-2H3. The Labute approximate surface area is 406 Å². The van der Waals surface area contributed by atoms with Crippen LogP contribution in [0.4, 0.5) is 34.1 Å². The Kier molecular flexibility index (Phi) is 9.38. The fourth-order valence-corrected chi connectivity index (χ4v) is 11.9. The Morgan fingerprint density at radius 2 is 0.729 bits per heavy atom. The quantitative estimate of drug-likeness (QED) is 0.151. The summed E-state index contributed by atoms with van der Waals surface area (Å²) in [7, 11) is 0. The van der Waals surface area contributed by atoms with Crippen molar-refractivity contribution in [1.29, 1.82) is 10.5 Å². The van der Waals surface area contributed by atoms with Crippen LogP contribution in [0.5, 0.6) is 0 Å². The van der Waals surface area contributed by atoms with Crippen molar-refractivity contribution in [2.24, 2.45) is 0 Å². The van der Waals surface area contributed by atoms with Crippen molar-refractivity contribution >= 4 is 78.0 Å². The van der Waals surface area contributed by atoms with Gasteiger partial charge in [0.05, 0.1) is 33.9 Å². The Morgan fingerprint density at radius 3 is 1.11 bits per heavy atom. The fourth-order valence-electron chi connectivity index (χ4n) is 11.9. The van der Waals surface area contributed by atoms with Gasteiger partial charge in [0.25, 0.3) is 0 Å². The lowest BCUT2D eigenvalue weighted by atomic mass is 9.51. The van der Waals surface area contributed by atoms with E-state index in [1.54, 1.807) is 0 Å². The molecule has 6 nitrogen and oxygen atoms in total. The van der Waals surface area contributed by atoms with Crippen LogP contribution < -0.4 is 9.80 Å². The molecule has 2 aromatic heterocycles. The first kappa shape index (κ1) is 41.4. The van der Waals surface area contributed by atoms with Crippen LogP contribution >= 0.6 is 0 Å². The summed E-state index contributed by atoms with van der Waals surface area (Å²) >= 11 is 0. The van der Waals surface area contributed by atoms with Crippen LogP contribution in [0.3, 0.4) is 0 Å². The molecule has 0 aliphatic heterocycles. The van der Waals surface area contributed by atoms with Crippen molar-refractivity contribution in [2.75, 3.05) is 9.80 Å². The monoisotopic (exact) mass is 902 g/mol. The largest absolute Gasteiger partial charge is 0.454 e. The molecule has 1 saturated carbocycles. The lowest BCUT2D eigenvalue weighted by Gasteiger charge is -2.55. The molecule has 0 atom stereocenters. The van der Waals surface area contributed by atoms with E-state index in [4.69, 9.17) is 8.83 Å². The third kappa shape index (κ3) is 6.23. The van der Waals surface area contributed by atoms with Crippen molar-refractivity contribution in [1.82, 2.24) is 0 Å². The van der Waals surface area contributed by atoms with E-state index in [-0.39, 0.29) is 10.8 Å². The summed E-state index contributed by atoms with van der Waals surface area (Å²) in [5, 5.41) is 28.0. The zero-order chi connectivity index (χ0) is 47.1. The van der Waals surface area contributed by atoms with Gasteiger partial charge in [0.2, 0.25) is 0 Å². The molecule has 3 aliphatic carbocycles. The highest BCUT2D eigenvalue weighted by Crippen LogP contribution is 2.65. The van der Waals surface area contributed by atoms with Crippen LogP contribution in [-0.4, -0.2) is 0 Å². The van der Waals surface area contributed by atoms with Crippen LogP contribution in [0.1, 0.15) is 61.8 Å². The Morgan fingerprint density at radius 1 is 0.386 bits per heavy atom. The average molecular weight is 903 g/mol. The van der Waals surface area contributed by atoms with Gasteiger partial charge < -0.3 is 18.6 Å². The Balaban J connectivity index is 1.15. The summed E-state index contributed by atoms with van der Waals surface area (Å²) in [6.07, 6.45) is 3.72. The molecule has 3 aliphatic rings. The van der Waals surface area contributed by atoms with E-state index >= 15 is 0 Å². The van der Waals surface area contributed by atoms with Gasteiger partial charge in [0.15, 0.2) is 11.2 Å². The van der Waals surface area contributed by atoms with Crippen LogP contribution in [-0.2, 0) is 10.8 Å². The summed E-state index contributed by atoms with van der Waals surface area (Å²) in [6, 6.07) is 72.2. The molecule has 9 aromatic carbocycles. The molecule has 2 bridgehead atoms. The van der Waals surface area contributed by atoms with Gasteiger partial charge in [-0.1, -0.05) is 159 Å². The number of nitrogens with zero attached hydrogens (tertiary/aromatic N) is 4. The highest BCUT2D eigenvalue weighted by atomic mass is 16.3. The van der Waals surface area contributed by atoms with Crippen LogP contribution in [0.25, 0.3) is 66.1 Å². The number of nitriles is 2. The fraction of sp³-hybridized carbons (Fsp3) is 0.125. The van der Waals surface area contributed by atoms with Crippen molar-refractivity contribution in [3.8, 4) is 34.4 Å². The number of furan rings is 2. The molecule has 6 heteroatoms. The van der Waals surface area contributed by atoms with E-state index in [1.807, 2.05) is 48.5 Å². The number of hydrogen-bond acceptors (Lipinski definition) is 6. The van der Waals surface area contributed by atoms with E-state index in [2.05, 4.69) is 181 Å². The lowest BCUT2D eigenvalue weighted by molar-refractivity contribution is 0.189. The molecule has 11 aromatic rings. The highest BCUT2D eigenvalue weighted by Gasteiger charge is 2.53. The zero-order valence-corrected chi connectivity index (χ0v) is 38.9. The van der Waals surface area contributed by atoms with E-state index in [9.17, 15) is 10.5 Å². The molecule has 0 spiro atoms. The maximum atomic E-state index is 12.0. The van der Waals surface area contributed by atoms with Crippen LogP contribution in [0.15, 0.2) is 203 Å². The lowest BCUT2D eigenvalue weighted by Crippen LogP contribution is -2.46. The molecule has 70 heavy (non-hydrogen) atoms. The van der Waals surface area contributed by atoms with E-state index < -0.39 is 0 Å². The minimum atomic E-state index is -0.352. The van der Waals surface area contributed by atoms with Gasteiger partial charge in [-0.2, -0.15) is 10.5 Å². The van der Waals surface area contributed by atoms with Crippen molar-refractivity contribution < 1.29 is 8.83 Å². The normalized spacial score (nSPS) is 17.1. The summed E-state index contributed by atoms with van der Waals surface area (Å²) in [5.74, 6) is 0. The van der Waals surface area contributed by atoms with E-state index in [1.165, 1.54) is 0 Å². The Hall–Kier alpha value is -8.84. The van der Waals surface area contributed by atoms with Crippen molar-refractivity contribution in [3.63, 3.8) is 0 Å². The van der Waals surface area contributed by atoms with Gasteiger partial charge in [-0.15, -0.1) is 0 Å². The summed E-state index contributed by atoms with van der Waals surface area (Å²) in [6.45, 7) is 4.75. The number of anilines is 6. The smallest absolute Gasteiger partial charge is 0.159 e. The second-order valence-corrected chi connectivity index (χ2v) is 19.5. The first-order valence-corrected chi connectivity index (χ1v) is 24.1. The van der Waals surface area contributed by atoms with Gasteiger partial charge in [-0.05, 0) is 118 Å². The zero-order valence-electron chi connectivity index (χ0n) is 38.9. The van der Waals surface area contributed by atoms with E-state index in [0.717, 1.165) is 126 Å². The molecule has 0 unspecified atom stereocenters. The number of rotatable bonds is 8. The number of para-hydroxylation sites is 4. The molecule has 334 valence electrons. The SMILES string of the molecule is CC12CCC(C)(CC1)c1c(N(c3ccc(-c4ccccc4)cc3)c3cccc4c3oc3ccccc34)c(C#N)c(C#N)c(N(c3ccc(-c4ccccc4)cc3)c3cccc4c3oc3ccccc34)c12. The minimum absolute atomic E-state index is 0.316. The Bertz CT molecular complexity index is 3680. The first-order valence-electron chi connectivity index (χ1n) is 24.1. The third-order valence-corrected chi connectivity index (χ3v) is 15.5. The predicted octanol–water partition coefficient (Wildman–Crippen LogP) is 17.6. The highest BCUT2D eigenvalue weighted by molar-refractivity contribution is 6.13. The third-order valence-electron chi connectivity index (χ3n) is 15.5. The summed E-state index contributed by atoms with van der Waals surface area (Å²) in [4.78, 5) is 4.46. The van der Waals surface area contributed by atoms with Crippen molar-refractivity contribution in [3.05, 3.63) is 216 Å². The second kappa shape index (κ2) is 15.9. The molecule has 2 heterocycles. The summed E-state index contributed by atoms with van der Waals surface area (Å²) in [5.41, 5.74) is 14.3. The molecule has 1 fully saturated rings. The minimum Gasteiger partial charge on any atom is -0.454 e. The molecular weight excluding hydrogens is 857 g/mol. The molecular formula is C64H46N4O2. The number of hydrogen-bond donors (Lipinski definition) is 0. The molecule has 14 rings (SSSR count). The van der Waals surface area contributed by atoms with Gasteiger partial charge in [-0.25, -0.2) is 0 Å². The molecule has 0 saturated heterocycles. The first-order chi connectivity index (χ1) is 34.4. The number of benzene rings is 9. The van der Waals surface area contributed by atoms with Gasteiger partial charge in [0.1, 0.15) is 23.3 Å². The van der Waals surface area contributed by atoms with Gasteiger partial charge >= 0.3 is 0 Å². The van der Waals surface area contributed by atoms with Crippen LogP contribution in [0, 0.1) is 22.7 Å².